The standard InChI is InChI=1S/C11H18O2.C7H14NO6P.C7H12O/c1-4-5-6-7-8-9-10(2)11(12)13-3;1-5(9)8-6(7(10)12-2)15(11,13-3)14-4;1-2-3-4-5-6-7-8/h4,9H,1,5-8H2,2-3H3;6H,1-4H3,(H,8,9);2,7H,1,3-6H2/b10-9-;;. The summed E-state index contributed by atoms with van der Waals surface area (Å²) in [6.45, 7) is 10.2. The van der Waals surface area contributed by atoms with Crippen molar-refractivity contribution < 1.29 is 42.3 Å². The number of rotatable bonds is 16. The van der Waals surface area contributed by atoms with Gasteiger partial charge in [-0.05, 0) is 51.9 Å². The second-order valence-electron chi connectivity index (χ2n) is 7.22. The summed E-state index contributed by atoms with van der Waals surface area (Å²) < 4.78 is 30.0. The molecule has 1 unspecified atom stereocenters. The molecule has 0 rings (SSSR count). The van der Waals surface area contributed by atoms with Crippen molar-refractivity contribution in [2.24, 2.45) is 0 Å². The monoisotopic (exact) mass is 533 g/mol. The van der Waals surface area contributed by atoms with Gasteiger partial charge in [0.15, 0.2) is 0 Å². The highest BCUT2D eigenvalue weighted by molar-refractivity contribution is 7.55. The zero-order chi connectivity index (χ0) is 28.4. The molecule has 0 aromatic heterocycles. The molecular weight excluding hydrogens is 489 g/mol. The summed E-state index contributed by atoms with van der Waals surface area (Å²) in [4.78, 5) is 42.7. The Bertz CT molecular complexity index is 717. The van der Waals surface area contributed by atoms with Gasteiger partial charge in [0.25, 0.3) is 0 Å². The lowest BCUT2D eigenvalue weighted by Crippen LogP contribution is -2.40. The van der Waals surface area contributed by atoms with Crippen molar-refractivity contribution in [3.63, 3.8) is 0 Å². The first-order chi connectivity index (χ1) is 17.0. The van der Waals surface area contributed by atoms with E-state index in [4.69, 9.17) is 0 Å². The molecule has 0 saturated carbocycles. The molecule has 0 aromatic rings. The molecule has 0 aliphatic carbocycles. The van der Waals surface area contributed by atoms with E-state index in [-0.39, 0.29) is 5.97 Å². The average molecular weight is 534 g/mol. The van der Waals surface area contributed by atoms with E-state index in [0.717, 1.165) is 72.6 Å². The fraction of sp³-hybridized carbons (Fsp3) is 0.600. The van der Waals surface area contributed by atoms with Crippen LogP contribution in [0.4, 0.5) is 0 Å². The van der Waals surface area contributed by atoms with Gasteiger partial charge in [-0.1, -0.05) is 18.2 Å². The number of hydrogen-bond donors (Lipinski definition) is 1. The first kappa shape index (κ1) is 38.0. The molecule has 0 heterocycles. The molecule has 208 valence electrons. The van der Waals surface area contributed by atoms with E-state index in [9.17, 15) is 23.7 Å². The third kappa shape index (κ3) is 20.8. The van der Waals surface area contributed by atoms with Gasteiger partial charge in [-0.25, -0.2) is 9.59 Å². The maximum absolute atomic E-state index is 11.8. The van der Waals surface area contributed by atoms with Gasteiger partial charge in [-0.3, -0.25) is 9.36 Å². The number of amides is 1. The zero-order valence-corrected chi connectivity index (χ0v) is 23.5. The SMILES string of the molecule is C=CCCCC/C=C(/C)C(=O)OC.C=CCCCCC=O.COC(=O)C(NC(C)=O)P(=O)(OC)OC. The minimum atomic E-state index is -3.72. The largest absolute Gasteiger partial charge is 0.467 e. The quantitative estimate of drug-likeness (QED) is 0.0734. The number of unbranched alkanes of at least 4 members (excludes halogenated alkanes) is 6. The number of ether oxygens (including phenoxy) is 2. The van der Waals surface area contributed by atoms with Crippen molar-refractivity contribution in [1.29, 1.82) is 0 Å². The topological polar surface area (TPSA) is 134 Å². The summed E-state index contributed by atoms with van der Waals surface area (Å²) in [6, 6.07) is 0. The van der Waals surface area contributed by atoms with Crippen LogP contribution in [0.2, 0.25) is 0 Å². The second kappa shape index (κ2) is 25.5. The van der Waals surface area contributed by atoms with E-state index in [0.29, 0.717) is 12.0 Å². The molecule has 0 saturated heterocycles. The number of nitrogens with one attached hydrogen (secondary N) is 1. The second-order valence-corrected chi connectivity index (χ2v) is 9.55. The smallest absolute Gasteiger partial charge is 0.363 e. The van der Waals surface area contributed by atoms with E-state index >= 15 is 0 Å². The Morgan fingerprint density at radius 3 is 1.67 bits per heavy atom. The van der Waals surface area contributed by atoms with Gasteiger partial charge >= 0.3 is 19.5 Å². The van der Waals surface area contributed by atoms with E-state index < -0.39 is 25.3 Å². The maximum atomic E-state index is 11.8. The van der Waals surface area contributed by atoms with Crippen LogP contribution in [0, 0.1) is 0 Å². The van der Waals surface area contributed by atoms with Gasteiger partial charge in [0.05, 0.1) is 14.2 Å². The molecule has 1 N–H and O–H groups in total. The first-order valence-corrected chi connectivity index (χ1v) is 13.1. The van der Waals surface area contributed by atoms with Crippen molar-refractivity contribution in [1.82, 2.24) is 5.32 Å². The fourth-order valence-electron chi connectivity index (χ4n) is 2.37. The molecule has 0 radical (unpaired) electrons. The number of carbonyl (C=O) groups is 4. The van der Waals surface area contributed by atoms with Crippen LogP contribution in [0.1, 0.15) is 65.2 Å². The van der Waals surface area contributed by atoms with Crippen molar-refractivity contribution >= 4 is 31.7 Å². The number of esters is 2. The van der Waals surface area contributed by atoms with E-state index in [1.807, 2.05) is 18.2 Å². The molecule has 0 aromatic carbocycles. The number of carbonyl (C=O) groups excluding carboxylic acids is 4. The highest BCUT2D eigenvalue weighted by Crippen LogP contribution is 2.50. The lowest BCUT2D eigenvalue weighted by atomic mass is 10.1. The van der Waals surface area contributed by atoms with Crippen LogP contribution in [0.5, 0.6) is 0 Å². The van der Waals surface area contributed by atoms with Crippen molar-refractivity contribution in [2.45, 2.75) is 71.0 Å². The van der Waals surface area contributed by atoms with Crippen molar-refractivity contribution in [3.05, 3.63) is 37.0 Å². The molecule has 1 amide bonds. The summed E-state index contributed by atoms with van der Waals surface area (Å²) in [5, 5.41) is 2.15. The predicted molar refractivity (Wildman–Crippen MR) is 140 cm³/mol. The highest BCUT2D eigenvalue weighted by atomic mass is 31.2. The molecule has 0 bridgehead atoms. The normalized spacial score (nSPS) is 11.3. The third-order valence-electron chi connectivity index (χ3n) is 4.39. The predicted octanol–water partition coefficient (Wildman–Crippen LogP) is 4.89. The van der Waals surface area contributed by atoms with Crippen LogP contribution in [-0.2, 0) is 42.3 Å². The lowest BCUT2D eigenvalue weighted by Gasteiger charge is -2.22. The Labute approximate surface area is 216 Å². The summed E-state index contributed by atoms with van der Waals surface area (Å²) >= 11 is 0. The van der Waals surface area contributed by atoms with Crippen molar-refractivity contribution in [3.8, 4) is 0 Å². The molecule has 11 heteroatoms. The Morgan fingerprint density at radius 2 is 1.31 bits per heavy atom. The summed E-state index contributed by atoms with van der Waals surface area (Å²) in [6.07, 6.45) is 14.7. The van der Waals surface area contributed by atoms with Crippen LogP contribution in [0.3, 0.4) is 0 Å². The van der Waals surface area contributed by atoms with E-state index in [1.165, 1.54) is 14.0 Å². The number of methoxy groups -OCH3 is 2. The van der Waals surface area contributed by atoms with Gasteiger partial charge in [-0.2, -0.15) is 0 Å². The Hall–Kier alpha value is -2.55. The molecule has 36 heavy (non-hydrogen) atoms. The number of allylic oxidation sites excluding steroid dienone is 3. The van der Waals surface area contributed by atoms with Crippen LogP contribution in [-0.4, -0.2) is 58.4 Å². The molecule has 10 nitrogen and oxygen atoms in total. The van der Waals surface area contributed by atoms with E-state index in [2.05, 4.69) is 37.0 Å². The fourth-order valence-corrected chi connectivity index (χ4v) is 3.64. The molecule has 0 aliphatic rings. The summed E-state index contributed by atoms with van der Waals surface area (Å²) in [5.74, 6) is -3.12. The van der Waals surface area contributed by atoms with Crippen LogP contribution >= 0.6 is 7.60 Å². The van der Waals surface area contributed by atoms with Gasteiger partial charge in [0, 0.05) is 33.1 Å². The van der Waals surface area contributed by atoms with Crippen molar-refractivity contribution in [2.75, 3.05) is 28.4 Å². The van der Waals surface area contributed by atoms with Crippen LogP contribution in [0.25, 0.3) is 0 Å². The highest BCUT2D eigenvalue weighted by Gasteiger charge is 2.41. The number of hydrogen-bond acceptors (Lipinski definition) is 9. The Morgan fingerprint density at radius 1 is 0.833 bits per heavy atom. The van der Waals surface area contributed by atoms with Gasteiger partial charge in [-0.15, -0.1) is 13.2 Å². The molecular formula is C25H44NO9P. The number of aldehydes is 1. The Kier molecular flexibility index (Phi) is 27.0. The molecule has 0 spiro atoms. The van der Waals surface area contributed by atoms with Crippen LogP contribution in [0.15, 0.2) is 37.0 Å². The minimum absolute atomic E-state index is 0.233. The van der Waals surface area contributed by atoms with Gasteiger partial charge < -0.3 is 28.6 Å². The third-order valence-corrected chi connectivity index (χ3v) is 6.38. The van der Waals surface area contributed by atoms with Crippen LogP contribution < -0.4 is 5.32 Å². The maximum Gasteiger partial charge on any atom is 0.363 e. The minimum Gasteiger partial charge on any atom is -0.467 e. The first-order valence-electron chi connectivity index (χ1n) is 11.5. The van der Waals surface area contributed by atoms with Gasteiger partial charge in [0.2, 0.25) is 11.7 Å². The zero-order valence-electron chi connectivity index (χ0n) is 22.6. The Balaban J connectivity index is -0.000000475. The van der Waals surface area contributed by atoms with E-state index in [1.54, 1.807) is 6.92 Å². The lowest BCUT2D eigenvalue weighted by molar-refractivity contribution is -0.142. The average Bonchev–Trinajstić information content (AvgIpc) is 2.88. The molecule has 0 aliphatic heterocycles. The summed E-state index contributed by atoms with van der Waals surface area (Å²) in [5.41, 5.74) is 0.695. The molecule has 0 fully saturated rings. The molecule has 1 atom stereocenters. The summed E-state index contributed by atoms with van der Waals surface area (Å²) in [7, 11) is 1.01. The van der Waals surface area contributed by atoms with Gasteiger partial charge in [0.1, 0.15) is 6.29 Å².